The molecular weight excluding hydrogens is 264 g/mol. The lowest BCUT2D eigenvalue weighted by Gasteiger charge is -2.36. The summed E-state index contributed by atoms with van der Waals surface area (Å²) >= 11 is 0. The smallest absolute Gasteiger partial charge is 0.310 e. The van der Waals surface area contributed by atoms with Crippen LogP contribution in [-0.4, -0.2) is 22.8 Å². The van der Waals surface area contributed by atoms with Gasteiger partial charge in [0.2, 0.25) is 0 Å². The molecular formula is C18H28O3. The summed E-state index contributed by atoms with van der Waals surface area (Å²) in [5, 5.41) is 10.1. The zero-order valence-electron chi connectivity index (χ0n) is 13.1. The number of aliphatic hydroxyl groups excluding tert-OH is 1. The number of carbonyl (C=O) groups excluding carboxylic acids is 1. The lowest BCUT2D eigenvalue weighted by atomic mass is 9.84. The van der Waals surface area contributed by atoms with Crippen molar-refractivity contribution in [2.45, 2.75) is 76.4 Å². The van der Waals surface area contributed by atoms with Crippen LogP contribution in [0.25, 0.3) is 0 Å². The highest BCUT2D eigenvalue weighted by Crippen LogP contribution is 2.45. The molecule has 3 aliphatic carbocycles. The monoisotopic (exact) mass is 292 g/mol. The Morgan fingerprint density at radius 3 is 2.38 bits per heavy atom. The standard InChI is InChI=1S/C18H28O3/c1-2-18(10-6-4-3-5-7-11-18)21-17(20)15-12-13-8-9-14(15)16(13)19/h8-9,13-16,19H,2-7,10-12H2,1H3. The fourth-order valence-electron chi connectivity index (χ4n) is 4.44. The fraction of sp³-hybridized carbons (Fsp3) is 0.833. The van der Waals surface area contributed by atoms with E-state index in [1.807, 2.05) is 6.08 Å². The minimum Gasteiger partial charge on any atom is -0.459 e. The Morgan fingerprint density at radius 1 is 1.19 bits per heavy atom. The second kappa shape index (κ2) is 6.12. The molecule has 3 rings (SSSR count). The van der Waals surface area contributed by atoms with E-state index < -0.39 is 0 Å². The average molecular weight is 292 g/mol. The van der Waals surface area contributed by atoms with E-state index in [1.165, 1.54) is 32.1 Å². The highest BCUT2D eigenvalue weighted by atomic mass is 16.6. The molecule has 0 aliphatic heterocycles. The molecule has 0 radical (unpaired) electrons. The first-order chi connectivity index (χ1) is 10.2. The normalized spacial score (nSPS) is 38.0. The van der Waals surface area contributed by atoms with Crippen LogP contribution in [0, 0.1) is 17.8 Å². The molecule has 3 aliphatic rings. The van der Waals surface area contributed by atoms with Gasteiger partial charge in [-0.25, -0.2) is 0 Å². The number of ether oxygens (including phenoxy) is 1. The van der Waals surface area contributed by atoms with Gasteiger partial charge in [-0.15, -0.1) is 0 Å². The maximum Gasteiger partial charge on any atom is 0.310 e. The Labute approximate surface area is 127 Å². The second-order valence-corrected chi connectivity index (χ2v) is 7.18. The predicted octanol–water partition coefficient (Wildman–Crippen LogP) is 3.61. The van der Waals surface area contributed by atoms with E-state index in [9.17, 15) is 9.90 Å². The molecule has 2 fully saturated rings. The van der Waals surface area contributed by atoms with E-state index >= 15 is 0 Å². The molecule has 2 saturated carbocycles. The molecule has 2 bridgehead atoms. The molecule has 0 amide bonds. The Balaban J connectivity index is 1.66. The summed E-state index contributed by atoms with van der Waals surface area (Å²) in [6, 6.07) is 0. The lowest BCUT2D eigenvalue weighted by Crippen LogP contribution is -2.38. The lowest BCUT2D eigenvalue weighted by molar-refractivity contribution is -0.169. The van der Waals surface area contributed by atoms with E-state index in [4.69, 9.17) is 4.74 Å². The molecule has 4 unspecified atom stereocenters. The number of hydrogen-bond donors (Lipinski definition) is 1. The SMILES string of the molecule is CCC1(OC(=O)C2CC3C=CC2C3O)CCCCCCC1. The van der Waals surface area contributed by atoms with Crippen molar-refractivity contribution in [3.63, 3.8) is 0 Å². The molecule has 0 saturated heterocycles. The van der Waals surface area contributed by atoms with Crippen LogP contribution in [0.3, 0.4) is 0 Å². The first-order valence-electron chi connectivity index (χ1n) is 8.74. The maximum absolute atomic E-state index is 12.6. The zero-order valence-corrected chi connectivity index (χ0v) is 13.1. The van der Waals surface area contributed by atoms with Crippen molar-refractivity contribution < 1.29 is 14.6 Å². The summed E-state index contributed by atoms with van der Waals surface area (Å²) in [5.41, 5.74) is -0.242. The third-order valence-corrected chi connectivity index (χ3v) is 5.93. The molecule has 0 aromatic rings. The van der Waals surface area contributed by atoms with Gasteiger partial charge < -0.3 is 9.84 Å². The number of rotatable bonds is 3. The quantitative estimate of drug-likeness (QED) is 0.638. The van der Waals surface area contributed by atoms with Gasteiger partial charge in [0.1, 0.15) is 5.60 Å². The number of esters is 1. The average Bonchev–Trinajstić information content (AvgIpc) is 2.97. The minimum atomic E-state index is -0.363. The topological polar surface area (TPSA) is 46.5 Å². The van der Waals surface area contributed by atoms with Crippen molar-refractivity contribution in [1.82, 2.24) is 0 Å². The van der Waals surface area contributed by atoms with Crippen LogP contribution in [0.4, 0.5) is 0 Å². The van der Waals surface area contributed by atoms with Crippen molar-refractivity contribution in [3.8, 4) is 0 Å². The Hall–Kier alpha value is -0.830. The summed E-state index contributed by atoms with van der Waals surface area (Å²) in [7, 11) is 0. The Bertz CT molecular complexity index is 407. The van der Waals surface area contributed by atoms with Crippen LogP contribution in [0.1, 0.15) is 64.7 Å². The summed E-state index contributed by atoms with van der Waals surface area (Å²) in [5.74, 6) is -0.0235. The molecule has 21 heavy (non-hydrogen) atoms. The van der Waals surface area contributed by atoms with Crippen LogP contribution in [-0.2, 0) is 9.53 Å². The summed E-state index contributed by atoms with van der Waals surface area (Å²) in [6.07, 6.45) is 13.6. The van der Waals surface area contributed by atoms with Crippen molar-refractivity contribution >= 4 is 5.97 Å². The van der Waals surface area contributed by atoms with Crippen LogP contribution in [0.5, 0.6) is 0 Å². The largest absolute Gasteiger partial charge is 0.459 e. The van der Waals surface area contributed by atoms with E-state index in [0.717, 1.165) is 25.7 Å². The molecule has 4 atom stereocenters. The van der Waals surface area contributed by atoms with Gasteiger partial charge in [0, 0.05) is 11.8 Å². The van der Waals surface area contributed by atoms with Gasteiger partial charge >= 0.3 is 5.97 Å². The van der Waals surface area contributed by atoms with Gasteiger partial charge in [0.15, 0.2) is 0 Å². The fourth-order valence-corrected chi connectivity index (χ4v) is 4.44. The van der Waals surface area contributed by atoms with Crippen molar-refractivity contribution in [1.29, 1.82) is 0 Å². The van der Waals surface area contributed by atoms with Gasteiger partial charge in [0.25, 0.3) is 0 Å². The molecule has 118 valence electrons. The van der Waals surface area contributed by atoms with E-state index in [0.29, 0.717) is 0 Å². The third kappa shape index (κ3) is 2.90. The Morgan fingerprint density at radius 2 is 1.86 bits per heavy atom. The molecule has 0 spiro atoms. The van der Waals surface area contributed by atoms with Gasteiger partial charge in [-0.2, -0.15) is 0 Å². The first kappa shape index (κ1) is 15.1. The summed E-state index contributed by atoms with van der Waals surface area (Å²) < 4.78 is 6.06. The molecule has 3 heteroatoms. The summed E-state index contributed by atoms with van der Waals surface area (Å²) in [4.78, 5) is 12.6. The van der Waals surface area contributed by atoms with Gasteiger partial charge in [-0.05, 0) is 38.5 Å². The number of fused-ring (bicyclic) bond motifs is 2. The number of hydrogen-bond acceptors (Lipinski definition) is 3. The molecule has 3 nitrogen and oxygen atoms in total. The maximum atomic E-state index is 12.6. The van der Waals surface area contributed by atoms with Gasteiger partial charge in [0.05, 0.1) is 12.0 Å². The highest BCUT2D eigenvalue weighted by molar-refractivity contribution is 5.74. The van der Waals surface area contributed by atoms with E-state index in [1.54, 1.807) is 0 Å². The van der Waals surface area contributed by atoms with Crippen LogP contribution < -0.4 is 0 Å². The highest BCUT2D eigenvalue weighted by Gasteiger charge is 2.49. The molecule has 0 aromatic heterocycles. The second-order valence-electron chi connectivity index (χ2n) is 7.18. The molecule has 0 aromatic carbocycles. The Kier molecular flexibility index (Phi) is 4.39. The minimum absolute atomic E-state index is 0.00929. The van der Waals surface area contributed by atoms with Crippen molar-refractivity contribution in [2.75, 3.05) is 0 Å². The third-order valence-electron chi connectivity index (χ3n) is 5.93. The van der Waals surface area contributed by atoms with Gasteiger partial charge in [-0.1, -0.05) is 38.3 Å². The number of aliphatic hydroxyl groups is 1. The van der Waals surface area contributed by atoms with E-state index in [-0.39, 0.29) is 35.4 Å². The first-order valence-corrected chi connectivity index (χ1v) is 8.74. The predicted molar refractivity (Wildman–Crippen MR) is 81.7 cm³/mol. The van der Waals surface area contributed by atoms with Crippen LogP contribution >= 0.6 is 0 Å². The molecule has 0 heterocycles. The van der Waals surface area contributed by atoms with Gasteiger partial charge in [-0.3, -0.25) is 4.79 Å². The van der Waals surface area contributed by atoms with E-state index in [2.05, 4.69) is 13.0 Å². The van der Waals surface area contributed by atoms with Crippen LogP contribution in [0.2, 0.25) is 0 Å². The number of carbonyl (C=O) groups is 1. The van der Waals surface area contributed by atoms with Crippen molar-refractivity contribution in [2.24, 2.45) is 17.8 Å². The van der Waals surface area contributed by atoms with Crippen molar-refractivity contribution in [3.05, 3.63) is 12.2 Å². The summed E-state index contributed by atoms with van der Waals surface area (Å²) in [6.45, 7) is 2.14. The molecule has 1 N–H and O–H groups in total. The zero-order chi connectivity index (χ0) is 14.9. The van der Waals surface area contributed by atoms with Crippen LogP contribution in [0.15, 0.2) is 12.2 Å².